The maximum absolute atomic E-state index is 12.3. The molecule has 0 aliphatic heterocycles. The summed E-state index contributed by atoms with van der Waals surface area (Å²) in [5.41, 5.74) is 0. The molecule has 0 saturated heterocycles. The van der Waals surface area contributed by atoms with Crippen molar-refractivity contribution < 1.29 is 19.1 Å². The molecule has 1 rings (SSSR count). The first-order valence-electron chi connectivity index (χ1n) is 6.19. The Kier molecular flexibility index (Phi) is 6.35. The van der Waals surface area contributed by atoms with Crippen LogP contribution in [0.2, 0.25) is 0 Å². The smallest absolute Gasteiger partial charge is 0.325 e. The highest BCUT2D eigenvalue weighted by Gasteiger charge is 2.20. The zero-order valence-corrected chi connectivity index (χ0v) is 12.3. The minimum absolute atomic E-state index is 0.0132. The van der Waals surface area contributed by atoms with Crippen LogP contribution in [-0.4, -0.2) is 43.6 Å². The molecule has 0 unspecified atom stereocenters. The van der Waals surface area contributed by atoms with Crippen molar-refractivity contribution in [2.45, 2.75) is 20.3 Å². The molecule has 19 heavy (non-hydrogen) atoms. The lowest BCUT2D eigenvalue weighted by Crippen LogP contribution is -2.36. The van der Waals surface area contributed by atoms with E-state index in [0.29, 0.717) is 23.8 Å². The Labute approximate surface area is 117 Å². The van der Waals surface area contributed by atoms with E-state index in [0.717, 1.165) is 6.42 Å². The van der Waals surface area contributed by atoms with Gasteiger partial charge in [0, 0.05) is 18.0 Å². The topological polar surface area (TPSA) is 55.8 Å². The van der Waals surface area contributed by atoms with Crippen LogP contribution in [0.25, 0.3) is 0 Å². The predicted octanol–water partition coefficient (Wildman–Crippen LogP) is 2.17. The van der Waals surface area contributed by atoms with Gasteiger partial charge in [-0.05, 0) is 13.3 Å². The number of esters is 1. The molecule has 0 atom stereocenters. The van der Waals surface area contributed by atoms with Gasteiger partial charge in [0.2, 0.25) is 0 Å². The number of nitrogens with zero attached hydrogens (tertiary/aromatic N) is 1. The third kappa shape index (κ3) is 4.55. The van der Waals surface area contributed by atoms with E-state index in [2.05, 4.69) is 0 Å². The molecule has 1 aromatic heterocycles. The van der Waals surface area contributed by atoms with Crippen LogP contribution in [-0.2, 0) is 9.53 Å². The lowest BCUT2D eigenvalue weighted by atomic mass is 10.3. The second-order valence-corrected chi connectivity index (χ2v) is 4.79. The Morgan fingerprint density at radius 3 is 2.63 bits per heavy atom. The third-order valence-corrected chi connectivity index (χ3v) is 3.32. The van der Waals surface area contributed by atoms with E-state index < -0.39 is 0 Å². The fourth-order valence-electron chi connectivity index (χ4n) is 1.58. The molecule has 0 fully saturated rings. The van der Waals surface area contributed by atoms with Gasteiger partial charge in [0.05, 0.1) is 18.6 Å². The first-order valence-corrected chi connectivity index (χ1v) is 7.07. The Morgan fingerprint density at radius 2 is 2.11 bits per heavy atom. The molecular weight excluding hydrogens is 266 g/mol. The van der Waals surface area contributed by atoms with E-state index in [-0.39, 0.29) is 18.4 Å². The van der Waals surface area contributed by atoms with Crippen molar-refractivity contribution in [3.8, 4) is 5.75 Å². The Bertz CT molecular complexity index is 430. The first-order chi connectivity index (χ1) is 9.12. The number of hydrogen-bond acceptors (Lipinski definition) is 5. The van der Waals surface area contributed by atoms with Gasteiger partial charge >= 0.3 is 5.97 Å². The number of rotatable bonds is 7. The van der Waals surface area contributed by atoms with Crippen molar-refractivity contribution in [1.82, 2.24) is 4.90 Å². The molecular formula is C13H19NO4S. The molecule has 0 aliphatic carbocycles. The SMILES string of the molecule is CCCN(CC(=O)OCC)C(=O)c1cc(OC)cs1. The van der Waals surface area contributed by atoms with Gasteiger partial charge in [0.25, 0.3) is 5.91 Å². The van der Waals surface area contributed by atoms with Gasteiger partial charge in [0.15, 0.2) is 0 Å². The van der Waals surface area contributed by atoms with Crippen LogP contribution in [0.4, 0.5) is 0 Å². The quantitative estimate of drug-likeness (QED) is 0.720. The summed E-state index contributed by atoms with van der Waals surface area (Å²) in [7, 11) is 1.55. The molecule has 0 N–H and O–H groups in total. The minimum atomic E-state index is -0.382. The Balaban J connectivity index is 2.74. The van der Waals surface area contributed by atoms with E-state index in [1.165, 1.54) is 16.2 Å². The highest BCUT2D eigenvalue weighted by Crippen LogP contribution is 2.22. The van der Waals surface area contributed by atoms with Gasteiger partial charge < -0.3 is 14.4 Å². The van der Waals surface area contributed by atoms with Crippen molar-refractivity contribution in [2.24, 2.45) is 0 Å². The normalized spacial score (nSPS) is 10.1. The molecule has 0 spiro atoms. The molecule has 6 heteroatoms. The van der Waals surface area contributed by atoms with E-state index >= 15 is 0 Å². The summed E-state index contributed by atoms with van der Waals surface area (Å²) in [5, 5.41) is 1.77. The van der Waals surface area contributed by atoms with Crippen LogP contribution in [0.1, 0.15) is 29.9 Å². The maximum Gasteiger partial charge on any atom is 0.325 e. The summed E-state index contributed by atoms with van der Waals surface area (Å²) in [6, 6.07) is 1.68. The molecule has 0 radical (unpaired) electrons. The zero-order valence-electron chi connectivity index (χ0n) is 11.5. The summed E-state index contributed by atoms with van der Waals surface area (Å²) >= 11 is 1.31. The predicted molar refractivity (Wildman–Crippen MR) is 73.7 cm³/mol. The highest BCUT2D eigenvalue weighted by molar-refractivity contribution is 7.12. The molecule has 1 amide bonds. The number of hydrogen-bond donors (Lipinski definition) is 0. The van der Waals surface area contributed by atoms with E-state index in [1.807, 2.05) is 6.92 Å². The first kappa shape index (κ1) is 15.5. The summed E-state index contributed by atoms with van der Waals surface area (Å²) in [4.78, 5) is 25.8. The lowest BCUT2D eigenvalue weighted by Gasteiger charge is -2.20. The standard InChI is InChI=1S/C13H19NO4S/c1-4-6-14(8-12(15)18-5-2)13(16)11-7-10(17-3)9-19-11/h7,9H,4-6,8H2,1-3H3. The maximum atomic E-state index is 12.3. The Morgan fingerprint density at radius 1 is 1.37 bits per heavy atom. The molecule has 0 aromatic carbocycles. The molecule has 0 aliphatic rings. The van der Waals surface area contributed by atoms with E-state index in [4.69, 9.17) is 9.47 Å². The van der Waals surface area contributed by atoms with Crippen LogP contribution in [0, 0.1) is 0 Å². The van der Waals surface area contributed by atoms with Crippen molar-refractivity contribution >= 4 is 23.2 Å². The van der Waals surface area contributed by atoms with E-state index in [9.17, 15) is 9.59 Å². The number of carbonyl (C=O) groups is 2. The van der Waals surface area contributed by atoms with Crippen molar-refractivity contribution in [2.75, 3.05) is 26.8 Å². The number of carbonyl (C=O) groups excluding carboxylic acids is 2. The summed E-state index contributed by atoms with van der Waals surface area (Å²) in [5.74, 6) is 0.108. The molecule has 1 aromatic rings. The fraction of sp³-hybridized carbons (Fsp3) is 0.538. The third-order valence-electron chi connectivity index (χ3n) is 2.43. The largest absolute Gasteiger partial charge is 0.496 e. The molecule has 0 saturated carbocycles. The monoisotopic (exact) mass is 285 g/mol. The highest BCUT2D eigenvalue weighted by atomic mass is 32.1. The van der Waals surface area contributed by atoms with Gasteiger partial charge in [-0.1, -0.05) is 6.92 Å². The summed E-state index contributed by atoms with van der Waals surface area (Å²) in [6.45, 7) is 4.53. The average molecular weight is 285 g/mol. The average Bonchev–Trinajstić information content (AvgIpc) is 2.86. The van der Waals surface area contributed by atoms with Gasteiger partial charge in [-0.25, -0.2) is 0 Å². The second kappa shape index (κ2) is 7.78. The number of ether oxygens (including phenoxy) is 2. The van der Waals surface area contributed by atoms with Crippen LogP contribution in [0.5, 0.6) is 5.75 Å². The Hall–Kier alpha value is -1.56. The van der Waals surface area contributed by atoms with Crippen molar-refractivity contribution in [1.29, 1.82) is 0 Å². The van der Waals surface area contributed by atoms with Crippen LogP contribution < -0.4 is 4.74 Å². The number of thiophene rings is 1. The summed E-state index contributed by atoms with van der Waals surface area (Å²) in [6.07, 6.45) is 0.785. The van der Waals surface area contributed by atoms with Crippen LogP contribution >= 0.6 is 11.3 Å². The van der Waals surface area contributed by atoms with Gasteiger partial charge in [-0.3, -0.25) is 9.59 Å². The second-order valence-electron chi connectivity index (χ2n) is 3.88. The van der Waals surface area contributed by atoms with Gasteiger partial charge in [0.1, 0.15) is 12.3 Å². The number of amides is 1. The van der Waals surface area contributed by atoms with E-state index in [1.54, 1.807) is 25.5 Å². The van der Waals surface area contributed by atoms with Crippen LogP contribution in [0.15, 0.2) is 11.4 Å². The van der Waals surface area contributed by atoms with Crippen LogP contribution in [0.3, 0.4) is 0 Å². The molecule has 106 valence electrons. The minimum Gasteiger partial charge on any atom is -0.496 e. The molecule has 5 nitrogen and oxygen atoms in total. The van der Waals surface area contributed by atoms with Crippen molar-refractivity contribution in [3.05, 3.63) is 16.3 Å². The van der Waals surface area contributed by atoms with Gasteiger partial charge in [-0.15, -0.1) is 11.3 Å². The summed E-state index contributed by atoms with van der Waals surface area (Å²) < 4.78 is 9.93. The van der Waals surface area contributed by atoms with Crippen molar-refractivity contribution in [3.63, 3.8) is 0 Å². The van der Waals surface area contributed by atoms with Gasteiger partial charge in [-0.2, -0.15) is 0 Å². The molecule has 1 heterocycles. The lowest BCUT2D eigenvalue weighted by molar-refractivity contribution is -0.143. The fourth-order valence-corrected chi connectivity index (χ4v) is 2.40. The zero-order chi connectivity index (χ0) is 14.3. The number of methoxy groups -OCH3 is 1. The molecule has 0 bridgehead atoms.